The molecule has 2 amide bonds. The first-order valence-electron chi connectivity index (χ1n) is 8.24. The fourth-order valence-corrected chi connectivity index (χ4v) is 4.47. The Balaban J connectivity index is 1.67. The van der Waals surface area contributed by atoms with Gasteiger partial charge in [-0.25, -0.2) is 0 Å². The van der Waals surface area contributed by atoms with Crippen molar-refractivity contribution in [3.63, 3.8) is 0 Å². The van der Waals surface area contributed by atoms with Crippen LogP contribution in [0.3, 0.4) is 0 Å². The molecule has 1 aromatic carbocycles. The number of amides is 2. The number of morpholine rings is 1. The molecule has 2 aliphatic rings. The summed E-state index contributed by atoms with van der Waals surface area (Å²) in [6, 6.07) is 9.98. The first-order chi connectivity index (χ1) is 12.1. The molecule has 3 heterocycles. The number of fused-ring (bicyclic) bond motifs is 1. The van der Waals surface area contributed by atoms with E-state index in [1.807, 2.05) is 47.2 Å². The fourth-order valence-electron chi connectivity index (χ4n) is 3.89. The molecule has 0 N–H and O–H groups in total. The third kappa shape index (κ3) is 2.54. The average Bonchev–Trinajstić information content (AvgIpc) is 3.19. The molecule has 0 saturated carbocycles. The van der Waals surface area contributed by atoms with Crippen molar-refractivity contribution in [1.29, 1.82) is 0 Å². The van der Waals surface area contributed by atoms with Crippen molar-refractivity contribution in [2.75, 3.05) is 26.7 Å². The van der Waals surface area contributed by atoms with Crippen molar-refractivity contribution in [3.05, 3.63) is 52.5 Å². The lowest BCUT2D eigenvalue weighted by Gasteiger charge is -2.54. The van der Waals surface area contributed by atoms with Gasteiger partial charge in [-0.1, -0.05) is 30.3 Å². The number of thiazole rings is 1. The maximum Gasteiger partial charge on any atom is 0.265 e. The molecule has 0 unspecified atom stereocenters. The summed E-state index contributed by atoms with van der Waals surface area (Å²) in [7, 11) is 1.84. The standard InChI is InChI=1S/C18H19N3O3S/c1-20-16(22)11-24-15-10-21(17(23)14-9-19-12-25-14)8-7-18(15,20)13-5-3-2-4-6-13/h2-6,9,12,15H,7-8,10-11H2,1H3/t15-,18+/m1/s1. The van der Waals surface area contributed by atoms with Gasteiger partial charge < -0.3 is 14.5 Å². The molecule has 25 heavy (non-hydrogen) atoms. The Bertz CT molecular complexity index is 780. The van der Waals surface area contributed by atoms with Gasteiger partial charge in [0.2, 0.25) is 5.91 Å². The van der Waals surface area contributed by atoms with E-state index in [2.05, 4.69) is 4.98 Å². The highest BCUT2D eigenvalue weighted by molar-refractivity contribution is 7.11. The largest absolute Gasteiger partial charge is 0.364 e. The Labute approximate surface area is 150 Å². The molecule has 2 atom stereocenters. The molecule has 2 fully saturated rings. The fraction of sp³-hybridized carbons (Fsp3) is 0.389. The third-order valence-corrected chi connectivity index (χ3v) is 6.03. The topological polar surface area (TPSA) is 62.7 Å². The second-order valence-electron chi connectivity index (χ2n) is 6.41. The molecule has 2 saturated heterocycles. The normalized spacial score (nSPS) is 26.4. The van der Waals surface area contributed by atoms with Crippen LogP contribution in [0, 0.1) is 0 Å². The van der Waals surface area contributed by atoms with Crippen molar-refractivity contribution in [2.24, 2.45) is 0 Å². The number of carbonyl (C=O) groups is 2. The average molecular weight is 357 g/mol. The summed E-state index contributed by atoms with van der Waals surface area (Å²) < 4.78 is 5.92. The lowest BCUT2D eigenvalue weighted by atomic mass is 9.76. The Hall–Kier alpha value is -2.25. The molecule has 0 radical (unpaired) electrons. The number of nitrogens with zero attached hydrogens (tertiary/aromatic N) is 3. The molecule has 4 rings (SSSR count). The maximum absolute atomic E-state index is 12.7. The van der Waals surface area contributed by atoms with E-state index < -0.39 is 5.54 Å². The van der Waals surface area contributed by atoms with Crippen molar-refractivity contribution < 1.29 is 14.3 Å². The number of likely N-dealkylation sites (N-methyl/N-ethyl adjacent to an activating group) is 1. The number of hydrogen-bond acceptors (Lipinski definition) is 5. The monoisotopic (exact) mass is 357 g/mol. The number of ether oxygens (including phenoxy) is 1. The molecule has 130 valence electrons. The van der Waals surface area contributed by atoms with Crippen LogP contribution in [0.4, 0.5) is 0 Å². The first-order valence-corrected chi connectivity index (χ1v) is 9.12. The highest BCUT2D eigenvalue weighted by Gasteiger charge is 2.53. The second kappa shape index (κ2) is 6.24. The van der Waals surface area contributed by atoms with Crippen LogP contribution in [0.1, 0.15) is 21.7 Å². The lowest BCUT2D eigenvalue weighted by molar-refractivity contribution is -0.180. The molecular formula is C18H19N3O3S. The van der Waals surface area contributed by atoms with Gasteiger partial charge in [-0.15, -0.1) is 11.3 Å². The van der Waals surface area contributed by atoms with Crippen LogP contribution in [0.15, 0.2) is 42.0 Å². The molecule has 2 aromatic rings. The van der Waals surface area contributed by atoms with E-state index in [4.69, 9.17) is 4.74 Å². The molecular weight excluding hydrogens is 338 g/mol. The van der Waals surface area contributed by atoms with Crippen LogP contribution in [0.25, 0.3) is 0 Å². The maximum atomic E-state index is 12.7. The van der Waals surface area contributed by atoms with Crippen LogP contribution >= 0.6 is 11.3 Å². The number of carbonyl (C=O) groups excluding carboxylic acids is 2. The van der Waals surface area contributed by atoms with Crippen LogP contribution < -0.4 is 0 Å². The van der Waals surface area contributed by atoms with E-state index in [1.165, 1.54) is 11.3 Å². The summed E-state index contributed by atoms with van der Waals surface area (Å²) in [5.74, 6) is -0.0466. The number of rotatable bonds is 2. The number of benzene rings is 1. The van der Waals surface area contributed by atoms with E-state index in [0.717, 1.165) is 5.56 Å². The van der Waals surface area contributed by atoms with Gasteiger partial charge in [0.15, 0.2) is 0 Å². The number of aromatic nitrogens is 1. The van der Waals surface area contributed by atoms with Gasteiger partial charge in [-0.2, -0.15) is 0 Å². The summed E-state index contributed by atoms with van der Waals surface area (Å²) in [6.45, 7) is 1.09. The molecule has 0 spiro atoms. The van der Waals surface area contributed by atoms with Crippen LogP contribution in [-0.2, 0) is 15.1 Å². The zero-order valence-corrected chi connectivity index (χ0v) is 14.7. The Kier molecular flexibility index (Phi) is 4.05. The zero-order chi connectivity index (χ0) is 17.4. The molecule has 2 aliphatic heterocycles. The van der Waals surface area contributed by atoms with Crippen molar-refractivity contribution >= 4 is 23.2 Å². The molecule has 7 heteroatoms. The van der Waals surface area contributed by atoms with Gasteiger partial charge in [0.25, 0.3) is 5.91 Å². The third-order valence-electron chi connectivity index (χ3n) is 5.27. The van der Waals surface area contributed by atoms with Crippen molar-refractivity contribution in [2.45, 2.75) is 18.1 Å². The quantitative estimate of drug-likeness (QED) is 0.821. The van der Waals surface area contributed by atoms with Gasteiger partial charge in [-0.3, -0.25) is 14.6 Å². The summed E-state index contributed by atoms with van der Waals surface area (Å²) in [5.41, 5.74) is 2.19. The first kappa shape index (κ1) is 16.2. The summed E-state index contributed by atoms with van der Waals surface area (Å²) in [5, 5.41) is 0. The molecule has 0 aliphatic carbocycles. The Morgan fingerprint density at radius 2 is 2.16 bits per heavy atom. The minimum Gasteiger partial charge on any atom is -0.364 e. The van der Waals surface area contributed by atoms with Crippen molar-refractivity contribution in [1.82, 2.24) is 14.8 Å². The summed E-state index contributed by atoms with van der Waals surface area (Å²) in [6.07, 6.45) is 2.00. The van der Waals surface area contributed by atoms with Gasteiger partial charge in [0.1, 0.15) is 17.6 Å². The van der Waals surface area contributed by atoms with Crippen LogP contribution in [-0.4, -0.2) is 59.4 Å². The SMILES string of the molecule is CN1C(=O)CO[C@@H]2CN(C(=O)c3cncs3)CC[C@]21c1ccccc1. The molecule has 1 aromatic heterocycles. The Morgan fingerprint density at radius 1 is 1.36 bits per heavy atom. The highest BCUT2D eigenvalue weighted by atomic mass is 32.1. The van der Waals surface area contributed by atoms with E-state index in [0.29, 0.717) is 24.4 Å². The number of likely N-dealkylation sites (tertiary alicyclic amines) is 1. The van der Waals surface area contributed by atoms with Gasteiger partial charge in [0.05, 0.1) is 17.2 Å². The lowest BCUT2D eigenvalue weighted by Crippen LogP contribution is -2.67. The summed E-state index contributed by atoms with van der Waals surface area (Å²) >= 11 is 1.34. The number of piperidine rings is 1. The van der Waals surface area contributed by atoms with Gasteiger partial charge >= 0.3 is 0 Å². The minimum atomic E-state index is -0.527. The summed E-state index contributed by atoms with van der Waals surface area (Å²) in [4.78, 5) is 33.3. The molecule has 6 nitrogen and oxygen atoms in total. The van der Waals surface area contributed by atoms with E-state index in [1.54, 1.807) is 11.7 Å². The smallest absolute Gasteiger partial charge is 0.265 e. The predicted octanol–water partition coefficient (Wildman–Crippen LogP) is 1.74. The molecule has 0 bridgehead atoms. The van der Waals surface area contributed by atoms with E-state index in [9.17, 15) is 9.59 Å². The van der Waals surface area contributed by atoms with Gasteiger partial charge in [0, 0.05) is 20.1 Å². The van der Waals surface area contributed by atoms with Crippen molar-refractivity contribution in [3.8, 4) is 0 Å². The Morgan fingerprint density at radius 3 is 2.88 bits per heavy atom. The zero-order valence-electron chi connectivity index (χ0n) is 13.9. The van der Waals surface area contributed by atoms with Crippen LogP contribution in [0.2, 0.25) is 0 Å². The van der Waals surface area contributed by atoms with E-state index >= 15 is 0 Å². The van der Waals surface area contributed by atoms with Gasteiger partial charge in [-0.05, 0) is 12.0 Å². The van der Waals surface area contributed by atoms with Crippen LogP contribution in [0.5, 0.6) is 0 Å². The van der Waals surface area contributed by atoms with E-state index in [-0.39, 0.29) is 24.5 Å². The minimum absolute atomic E-state index is 0.0210. The second-order valence-corrected chi connectivity index (χ2v) is 7.30. The highest BCUT2D eigenvalue weighted by Crippen LogP contribution is 2.42. The number of hydrogen-bond donors (Lipinski definition) is 0. The predicted molar refractivity (Wildman–Crippen MR) is 93.3 cm³/mol.